The smallest absolute Gasteiger partial charge is 0.149 e. The van der Waals surface area contributed by atoms with Crippen LogP contribution in [0.15, 0.2) is 42.7 Å². The van der Waals surface area contributed by atoms with Crippen LogP contribution >= 0.6 is 0 Å². The van der Waals surface area contributed by atoms with E-state index in [1.54, 1.807) is 30.6 Å². The van der Waals surface area contributed by atoms with Crippen molar-refractivity contribution in [1.82, 2.24) is 9.97 Å². The second-order valence-corrected chi connectivity index (χ2v) is 3.14. The van der Waals surface area contributed by atoms with Gasteiger partial charge in [-0.3, -0.25) is 0 Å². The Balaban J connectivity index is 2.29. The van der Waals surface area contributed by atoms with Gasteiger partial charge in [0.25, 0.3) is 0 Å². The van der Waals surface area contributed by atoms with Gasteiger partial charge in [0.05, 0.1) is 6.04 Å². The summed E-state index contributed by atoms with van der Waals surface area (Å²) in [7, 11) is 0. The van der Waals surface area contributed by atoms with Crippen LogP contribution in [-0.2, 0) is 0 Å². The molecule has 3 nitrogen and oxygen atoms in total. The summed E-state index contributed by atoms with van der Waals surface area (Å²) in [6.45, 7) is 0. The molecule has 0 bridgehead atoms. The third-order valence-corrected chi connectivity index (χ3v) is 2.09. The fraction of sp³-hybridized carbons (Fsp3) is 0.0909. The molecule has 0 radical (unpaired) electrons. The topological polar surface area (TPSA) is 51.8 Å². The molecule has 0 spiro atoms. The monoisotopic (exact) mass is 203 g/mol. The van der Waals surface area contributed by atoms with E-state index in [0.29, 0.717) is 5.82 Å². The van der Waals surface area contributed by atoms with Crippen molar-refractivity contribution in [3.63, 3.8) is 0 Å². The molecule has 0 aliphatic rings. The third-order valence-electron chi connectivity index (χ3n) is 2.09. The fourth-order valence-corrected chi connectivity index (χ4v) is 1.29. The molecule has 0 amide bonds. The van der Waals surface area contributed by atoms with Crippen LogP contribution in [0.3, 0.4) is 0 Å². The average Bonchev–Trinajstić information content (AvgIpc) is 2.30. The van der Waals surface area contributed by atoms with Crippen molar-refractivity contribution >= 4 is 0 Å². The molecule has 0 saturated heterocycles. The minimum absolute atomic E-state index is 0.278. The summed E-state index contributed by atoms with van der Waals surface area (Å²) < 4.78 is 12.7. The summed E-state index contributed by atoms with van der Waals surface area (Å²) in [5.41, 5.74) is 6.71. The van der Waals surface area contributed by atoms with Gasteiger partial charge in [0.15, 0.2) is 0 Å². The molecule has 1 aromatic carbocycles. The lowest BCUT2D eigenvalue weighted by Crippen LogP contribution is -2.14. The summed E-state index contributed by atoms with van der Waals surface area (Å²) in [6.07, 6.45) is 3.26. The Kier molecular flexibility index (Phi) is 2.69. The Morgan fingerprint density at radius 2 is 1.67 bits per heavy atom. The number of hydrogen-bond acceptors (Lipinski definition) is 3. The molecule has 2 N–H and O–H groups in total. The number of benzene rings is 1. The molecule has 76 valence electrons. The molecule has 0 fully saturated rings. The Bertz CT molecular complexity index is 427. The summed E-state index contributed by atoms with van der Waals surface area (Å²) in [5, 5.41) is 0. The van der Waals surface area contributed by atoms with E-state index in [1.807, 2.05) is 0 Å². The van der Waals surface area contributed by atoms with Gasteiger partial charge in [-0.2, -0.15) is 0 Å². The van der Waals surface area contributed by atoms with Gasteiger partial charge in [-0.1, -0.05) is 12.1 Å². The first kappa shape index (κ1) is 9.73. The number of nitrogens with two attached hydrogens (primary N) is 1. The summed E-state index contributed by atoms with van der Waals surface area (Å²) >= 11 is 0. The molecule has 4 heteroatoms. The number of rotatable bonds is 2. The van der Waals surface area contributed by atoms with E-state index in [0.717, 1.165) is 5.56 Å². The molecule has 0 unspecified atom stereocenters. The molecule has 1 atom stereocenters. The van der Waals surface area contributed by atoms with Gasteiger partial charge in [-0.15, -0.1) is 0 Å². The maximum absolute atomic E-state index is 12.7. The Morgan fingerprint density at radius 3 is 2.27 bits per heavy atom. The largest absolute Gasteiger partial charge is 0.318 e. The van der Waals surface area contributed by atoms with E-state index >= 15 is 0 Å². The van der Waals surface area contributed by atoms with Crippen LogP contribution in [0.4, 0.5) is 4.39 Å². The minimum atomic E-state index is -0.410. The predicted octanol–water partition coefficient (Wildman–Crippen LogP) is 1.66. The zero-order valence-corrected chi connectivity index (χ0v) is 7.97. The van der Waals surface area contributed by atoms with Crippen LogP contribution in [0.25, 0.3) is 0 Å². The van der Waals surface area contributed by atoms with Gasteiger partial charge >= 0.3 is 0 Å². The summed E-state index contributed by atoms with van der Waals surface area (Å²) in [4.78, 5) is 8.10. The molecule has 2 rings (SSSR count). The quantitative estimate of drug-likeness (QED) is 0.807. The van der Waals surface area contributed by atoms with Crippen LogP contribution in [-0.4, -0.2) is 9.97 Å². The molecule has 1 aromatic heterocycles. The Labute approximate surface area is 86.8 Å². The van der Waals surface area contributed by atoms with E-state index in [9.17, 15) is 4.39 Å². The van der Waals surface area contributed by atoms with Crippen molar-refractivity contribution in [3.8, 4) is 0 Å². The lowest BCUT2D eigenvalue weighted by molar-refractivity contribution is 0.626. The SMILES string of the molecule is N[C@H](c1ccc(F)cc1)c1ncccn1. The van der Waals surface area contributed by atoms with E-state index in [4.69, 9.17) is 5.73 Å². The number of hydrogen-bond donors (Lipinski definition) is 1. The number of aromatic nitrogens is 2. The Morgan fingerprint density at radius 1 is 1.07 bits per heavy atom. The maximum atomic E-state index is 12.7. The van der Waals surface area contributed by atoms with Gasteiger partial charge in [-0.05, 0) is 23.8 Å². The van der Waals surface area contributed by atoms with Crippen molar-refractivity contribution in [2.45, 2.75) is 6.04 Å². The summed E-state index contributed by atoms with van der Waals surface area (Å²) in [5.74, 6) is 0.254. The van der Waals surface area contributed by atoms with Crippen LogP contribution in [0, 0.1) is 5.82 Å². The van der Waals surface area contributed by atoms with Crippen LogP contribution < -0.4 is 5.73 Å². The van der Waals surface area contributed by atoms with Crippen LogP contribution in [0.1, 0.15) is 17.4 Å². The first-order valence-electron chi connectivity index (χ1n) is 4.55. The lowest BCUT2D eigenvalue weighted by Gasteiger charge is -2.09. The zero-order valence-electron chi connectivity index (χ0n) is 7.97. The highest BCUT2D eigenvalue weighted by Gasteiger charge is 2.10. The molecule has 0 aliphatic carbocycles. The Hall–Kier alpha value is -1.81. The van der Waals surface area contributed by atoms with Gasteiger partial charge in [-0.25, -0.2) is 14.4 Å². The number of nitrogens with zero attached hydrogens (tertiary/aromatic N) is 2. The van der Waals surface area contributed by atoms with Crippen LogP contribution in [0.2, 0.25) is 0 Å². The standard InChI is InChI=1S/C11H10FN3/c12-9-4-2-8(3-5-9)10(13)11-14-6-1-7-15-11/h1-7,10H,13H2/t10-/m1/s1. The highest BCUT2D eigenvalue weighted by Crippen LogP contribution is 2.15. The van der Waals surface area contributed by atoms with Crippen LogP contribution in [0.5, 0.6) is 0 Å². The van der Waals surface area contributed by atoms with Crippen molar-refractivity contribution < 1.29 is 4.39 Å². The van der Waals surface area contributed by atoms with E-state index in [-0.39, 0.29) is 5.82 Å². The molecule has 2 aromatic rings. The number of halogens is 1. The minimum Gasteiger partial charge on any atom is -0.318 e. The summed E-state index contributed by atoms with van der Waals surface area (Å²) in [6, 6.07) is 7.33. The van der Waals surface area contributed by atoms with E-state index in [1.165, 1.54) is 12.1 Å². The second-order valence-electron chi connectivity index (χ2n) is 3.14. The highest BCUT2D eigenvalue weighted by atomic mass is 19.1. The third kappa shape index (κ3) is 2.16. The van der Waals surface area contributed by atoms with Gasteiger partial charge in [0.2, 0.25) is 0 Å². The van der Waals surface area contributed by atoms with E-state index < -0.39 is 6.04 Å². The van der Waals surface area contributed by atoms with Crippen molar-refractivity contribution in [2.75, 3.05) is 0 Å². The first-order valence-corrected chi connectivity index (χ1v) is 4.55. The molecule has 0 aliphatic heterocycles. The molecular formula is C11H10FN3. The van der Waals surface area contributed by atoms with Crippen molar-refractivity contribution in [3.05, 3.63) is 59.9 Å². The van der Waals surface area contributed by atoms with Crippen molar-refractivity contribution in [1.29, 1.82) is 0 Å². The molecule has 15 heavy (non-hydrogen) atoms. The predicted molar refractivity (Wildman–Crippen MR) is 54.5 cm³/mol. The van der Waals surface area contributed by atoms with Gasteiger partial charge < -0.3 is 5.73 Å². The fourth-order valence-electron chi connectivity index (χ4n) is 1.29. The maximum Gasteiger partial charge on any atom is 0.149 e. The molecular weight excluding hydrogens is 193 g/mol. The normalized spacial score (nSPS) is 12.4. The average molecular weight is 203 g/mol. The lowest BCUT2D eigenvalue weighted by atomic mass is 10.1. The van der Waals surface area contributed by atoms with Gasteiger partial charge in [0, 0.05) is 12.4 Å². The zero-order chi connectivity index (χ0) is 10.7. The highest BCUT2D eigenvalue weighted by molar-refractivity contribution is 5.24. The van der Waals surface area contributed by atoms with Crippen molar-refractivity contribution in [2.24, 2.45) is 5.73 Å². The van der Waals surface area contributed by atoms with E-state index in [2.05, 4.69) is 9.97 Å². The first-order chi connectivity index (χ1) is 7.27. The van der Waals surface area contributed by atoms with Gasteiger partial charge in [0.1, 0.15) is 11.6 Å². The second kappa shape index (κ2) is 4.14. The molecule has 1 heterocycles. The molecule has 0 saturated carbocycles.